The summed E-state index contributed by atoms with van der Waals surface area (Å²) in [6, 6.07) is 6.33. The summed E-state index contributed by atoms with van der Waals surface area (Å²) in [7, 11) is 0. The molecular formula is C17H29N3. The number of hydrogen-bond acceptors (Lipinski definition) is 3. The molecule has 20 heavy (non-hydrogen) atoms. The Morgan fingerprint density at radius 1 is 1.30 bits per heavy atom. The van der Waals surface area contributed by atoms with Crippen LogP contribution in [0.4, 0.5) is 11.6 Å². The highest BCUT2D eigenvalue weighted by Crippen LogP contribution is 2.26. The van der Waals surface area contributed by atoms with Crippen LogP contribution >= 0.6 is 0 Å². The molecule has 1 saturated heterocycles. The van der Waals surface area contributed by atoms with E-state index < -0.39 is 0 Å². The Labute approximate surface area is 123 Å². The number of hydrogen-bond donors (Lipinski definition) is 1. The molecule has 0 bridgehead atoms. The van der Waals surface area contributed by atoms with Gasteiger partial charge in [-0.15, -0.1) is 0 Å². The minimum atomic E-state index is 0.806. The molecule has 2 rings (SSSR count). The average molecular weight is 275 g/mol. The lowest BCUT2D eigenvalue weighted by atomic mass is 9.89. The van der Waals surface area contributed by atoms with Gasteiger partial charge in [0.1, 0.15) is 11.6 Å². The van der Waals surface area contributed by atoms with Crippen LogP contribution in [0.3, 0.4) is 0 Å². The summed E-state index contributed by atoms with van der Waals surface area (Å²) < 4.78 is 0. The van der Waals surface area contributed by atoms with Crippen LogP contribution in [0.5, 0.6) is 0 Å². The zero-order valence-electron chi connectivity index (χ0n) is 13.2. The summed E-state index contributed by atoms with van der Waals surface area (Å²) in [5.74, 6) is 3.83. The van der Waals surface area contributed by atoms with E-state index in [0.29, 0.717) is 0 Å². The second-order valence-electron chi connectivity index (χ2n) is 6.23. The molecule has 1 unspecified atom stereocenters. The summed E-state index contributed by atoms with van der Waals surface area (Å²) >= 11 is 0. The molecule has 0 radical (unpaired) electrons. The molecule has 0 spiro atoms. The first-order chi connectivity index (χ1) is 9.70. The smallest absolute Gasteiger partial charge is 0.130 e. The van der Waals surface area contributed by atoms with Gasteiger partial charge in [-0.1, -0.05) is 26.8 Å². The molecule has 1 atom stereocenters. The second kappa shape index (κ2) is 7.51. The van der Waals surface area contributed by atoms with Gasteiger partial charge < -0.3 is 10.2 Å². The predicted molar refractivity (Wildman–Crippen MR) is 87.4 cm³/mol. The van der Waals surface area contributed by atoms with Crippen molar-refractivity contribution in [1.82, 2.24) is 4.98 Å². The first kappa shape index (κ1) is 15.1. The summed E-state index contributed by atoms with van der Waals surface area (Å²) in [5, 5.41) is 3.38. The fourth-order valence-electron chi connectivity index (χ4n) is 2.97. The molecule has 1 aromatic heterocycles. The van der Waals surface area contributed by atoms with E-state index in [-0.39, 0.29) is 0 Å². The lowest BCUT2D eigenvalue weighted by molar-refractivity contribution is 0.351. The van der Waals surface area contributed by atoms with Crippen molar-refractivity contribution in [3.8, 4) is 0 Å². The van der Waals surface area contributed by atoms with E-state index in [1.54, 1.807) is 0 Å². The van der Waals surface area contributed by atoms with Crippen LogP contribution in [-0.4, -0.2) is 24.6 Å². The van der Waals surface area contributed by atoms with Gasteiger partial charge in [-0.2, -0.15) is 0 Å². The molecule has 3 heteroatoms. The maximum Gasteiger partial charge on any atom is 0.130 e. The maximum atomic E-state index is 4.76. The highest BCUT2D eigenvalue weighted by Gasteiger charge is 2.20. The van der Waals surface area contributed by atoms with E-state index in [1.165, 1.54) is 19.3 Å². The van der Waals surface area contributed by atoms with Crippen molar-refractivity contribution < 1.29 is 0 Å². The standard InChI is InChI=1S/C17H29N3/c1-4-11-18-16-8-5-9-17(19-16)20-12-6-7-15(10-13-20)14(2)3/h5,8-9,14-15H,4,6-7,10-13H2,1-3H3,(H,18,19). The molecule has 3 nitrogen and oxygen atoms in total. The Hall–Kier alpha value is -1.25. The summed E-state index contributed by atoms with van der Waals surface area (Å²) in [4.78, 5) is 7.22. The number of rotatable bonds is 5. The highest BCUT2D eigenvalue weighted by molar-refractivity contribution is 5.47. The number of nitrogens with zero attached hydrogens (tertiary/aromatic N) is 2. The van der Waals surface area contributed by atoms with Crippen LogP contribution in [0, 0.1) is 11.8 Å². The maximum absolute atomic E-state index is 4.76. The summed E-state index contributed by atoms with van der Waals surface area (Å²) in [6.45, 7) is 10.2. The van der Waals surface area contributed by atoms with Gasteiger partial charge in [0.2, 0.25) is 0 Å². The van der Waals surface area contributed by atoms with Gasteiger partial charge in [-0.05, 0) is 49.7 Å². The number of aromatic nitrogens is 1. The predicted octanol–water partition coefficient (Wildman–Crippen LogP) is 4.17. The average Bonchev–Trinajstić information content (AvgIpc) is 2.71. The van der Waals surface area contributed by atoms with Crippen molar-refractivity contribution in [1.29, 1.82) is 0 Å². The lowest BCUT2D eigenvalue weighted by Crippen LogP contribution is -2.25. The van der Waals surface area contributed by atoms with Gasteiger partial charge in [0, 0.05) is 19.6 Å². The van der Waals surface area contributed by atoms with Crippen LogP contribution in [0.25, 0.3) is 0 Å². The van der Waals surface area contributed by atoms with Crippen molar-refractivity contribution >= 4 is 11.6 Å². The minimum Gasteiger partial charge on any atom is -0.370 e. The van der Waals surface area contributed by atoms with E-state index in [1.807, 2.05) is 0 Å². The summed E-state index contributed by atoms with van der Waals surface area (Å²) in [5.41, 5.74) is 0. The van der Waals surface area contributed by atoms with E-state index in [0.717, 1.165) is 49.5 Å². The van der Waals surface area contributed by atoms with E-state index in [2.05, 4.69) is 49.2 Å². The molecule has 0 aliphatic carbocycles. The molecular weight excluding hydrogens is 246 g/mol. The van der Waals surface area contributed by atoms with Crippen molar-refractivity contribution in [2.75, 3.05) is 29.9 Å². The van der Waals surface area contributed by atoms with Gasteiger partial charge in [0.05, 0.1) is 0 Å². The van der Waals surface area contributed by atoms with Gasteiger partial charge in [0.25, 0.3) is 0 Å². The quantitative estimate of drug-likeness (QED) is 0.874. The first-order valence-corrected chi connectivity index (χ1v) is 8.16. The molecule has 1 aliphatic heterocycles. The molecule has 0 saturated carbocycles. The zero-order chi connectivity index (χ0) is 14.4. The number of pyridine rings is 1. The van der Waals surface area contributed by atoms with Crippen LogP contribution < -0.4 is 10.2 Å². The van der Waals surface area contributed by atoms with Crippen molar-refractivity contribution in [2.45, 2.75) is 46.5 Å². The number of anilines is 2. The van der Waals surface area contributed by atoms with Crippen molar-refractivity contribution in [2.24, 2.45) is 11.8 Å². The van der Waals surface area contributed by atoms with E-state index in [9.17, 15) is 0 Å². The molecule has 1 aromatic rings. The van der Waals surface area contributed by atoms with Gasteiger partial charge >= 0.3 is 0 Å². The van der Waals surface area contributed by atoms with Crippen LogP contribution in [0.15, 0.2) is 18.2 Å². The van der Waals surface area contributed by atoms with Gasteiger partial charge in [-0.25, -0.2) is 4.98 Å². The monoisotopic (exact) mass is 275 g/mol. The highest BCUT2D eigenvalue weighted by atomic mass is 15.2. The largest absolute Gasteiger partial charge is 0.370 e. The molecule has 0 amide bonds. The Bertz CT molecular complexity index is 403. The fourth-order valence-corrected chi connectivity index (χ4v) is 2.97. The molecule has 0 aromatic carbocycles. The molecule has 2 heterocycles. The Kier molecular flexibility index (Phi) is 5.69. The molecule has 1 aliphatic rings. The van der Waals surface area contributed by atoms with E-state index >= 15 is 0 Å². The van der Waals surface area contributed by atoms with Crippen molar-refractivity contribution in [3.63, 3.8) is 0 Å². The van der Waals surface area contributed by atoms with Gasteiger partial charge in [0.15, 0.2) is 0 Å². The molecule has 1 N–H and O–H groups in total. The Morgan fingerprint density at radius 3 is 2.90 bits per heavy atom. The minimum absolute atomic E-state index is 0.806. The second-order valence-corrected chi connectivity index (χ2v) is 6.23. The third-order valence-corrected chi connectivity index (χ3v) is 4.33. The van der Waals surface area contributed by atoms with Crippen LogP contribution in [0.1, 0.15) is 46.5 Å². The van der Waals surface area contributed by atoms with Crippen LogP contribution in [-0.2, 0) is 0 Å². The first-order valence-electron chi connectivity index (χ1n) is 8.16. The van der Waals surface area contributed by atoms with E-state index in [4.69, 9.17) is 4.98 Å². The van der Waals surface area contributed by atoms with Crippen LogP contribution in [0.2, 0.25) is 0 Å². The molecule has 112 valence electrons. The SMILES string of the molecule is CCCNc1cccc(N2CCCC(C(C)C)CC2)n1. The lowest BCUT2D eigenvalue weighted by Gasteiger charge is -2.23. The molecule has 1 fully saturated rings. The third-order valence-electron chi connectivity index (χ3n) is 4.33. The Morgan fingerprint density at radius 2 is 2.15 bits per heavy atom. The zero-order valence-corrected chi connectivity index (χ0v) is 13.2. The third kappa shape index (κ3) is 4.12. The normalized spacial score (nSPS) is 20.0. The fraction of sp³-hybridized carbons (Fsp3) is 0.706. The Balaban J connectivity index is 2.00. The topological polar surface area (TPSA) is 28.2 Å². The van der Waals surface area contributed by atoms with Crippen molar-refractivity contribution in [3.05, 3.63) is 18.2 Å². The number of nitrogens with one attached hydrogen (secondary N) is 1. The van der Waals surface area contributed by atoms with Gasteiger partial charge in [-0.3, -0.25) is 0 Å². The summed E-state index contributed by atoms with van der Waals surface area (Å²) in [6.07, 6.45) is 5.08.